The molecule has 0 radical (unpaired) electrons. The third kappa shape index (κ3) is 5.19. The lowest BCUT2D eigenvalue weighted by Crippen LogP contribution is -2.49. The molecule has 2 heterocycles. The zero-order valence-corrected chi connectivity index (χ0v) is 20.6. The first-order chi connectivity index (χ1) is 16.6. The Bertz CT molecular complexity index is 1050. The van der Waals surface area contributed by atoms with Gasteiger partial charge in [-0.15, -0.1) is 0 Å². The fraction of sp³-hybridized carbons (Fsp3) is 0.519. The quantitative estimate of drug-likeness (QED) is 0.524. The predicted octanol–water partition coefficient (Wildman–Crippen LogP) is 5.10. The summed E-state index contributed by atoms with van der Waals surface area (Å²) in [6.45, 7) is 9.09. The molecule has 190 valence electrons. The van der Waals surface area contributed by atoms with E-state index < -0.39 is 11.7 Å². The van der Waals surface area contributed by atoms with Crippen molar-refractivity contribution >= 4 is 5.91 Å². The van der Waals surface area contributed by atoms with Gasteiger partial charge in [0.1, 0.15) is 5.75 Å². The van der Waals surface area contributed by atoms with Crippen molar-refractivity contribution in [2.75, 3.05) is 26.2 Å². The molecule has 5 nitrogen and oxygen atoms in total. The Labute approximate surface area is 205 Å². The van der Waals surface area contributed by atoms with Gasteiger partial charge in [0, 0.05) is 36.8 Å². The number of ether oxygens (including phenoxy) is 1. The van der Waals surface area contributed by atoms with Gasteiger partial charge in [-0.3, -0.25) is 9.69 Å². The summed E-state index contributed by atoms with van der Waals surface area (Å²) in [5.41, 5.74) is 8.73. The van der Waals surface area contributed by atoms with Crippen molar-refractivity contribution in [3.63, 3.8) is 0 Å². The van der Waals surface area contributed by atoms with E-state index in [-0.39, 0.29) is 24.0 Å². The lowest BCUT2D eigenvalue weighted by Gasteiger charge is -2.38. The highest BCUT2D eigenvalue weighted by Crippen LogP contribution is 2.39. The summed E-state index contributed by atoms with van der Waals surface area (Å²) in [7, 11) is 0. The van der Waals surface area contributed by atoms with Crippen molar-refractivity contribution in [2.45, 2.75) is 64.3 Å². The van der Waals surface area contributed by atoms with Crippen LogP contribution in [-0.4, -0.2) is 54.0 Å². The molecule has 2 bridgehead atoms. The van der Waals surface area contributed by atoms with Crippen LogP contribution in [0.4, 0.5) is 13.2 Å². The highest BCUT2D eigenvalue weighted by Gasteiger charge is 2.47. The van der Waals surface area contributed by atoms with E-state index in [1.54, 1.807) is 0 Å². The van der Waals surface area contributed by atoms with Crippen LogP contribution in [0.15, 0.2) is 36.4 Å². The van der Waals surface area contributed by atoms with Crippen molar-refractivity contribution < 1.29 is 22.7 Å². The Balaban J connectivity index is 1.40. The predicted molar refractivity (Wildman–Crippen MR) is 129 cm³/mol. The number of rotatable bonds is 8. The van der Waals surface area contributed by atoms with Crippen LogP contribution in [0.2, 0.25) is 0 Å². The van der Waals surface area contributed by atoms with Crippen LogP contribution < -0.4 is 10.5 Å². The Hall–Kier alpha value is -2.58. The van der Waals surface area contributed by atoms with Gasteiger partial charge in [-0.05, 0) is 93.6 Å². The van der Waals surface area contributed by atoms with Gasteiger partial charge in [0.25, 0.3) is 5.91 Å². The standard InChI is InChI=1S/C27H34F3N3O2/c1-17-18(2)25(35-13-5-4-12-31)11-10-24(17)19(3)32-15-23-14-22(32)16-33(23)26(34)20-6-8-21(9-7-20)27(28,29)30/h6-11,19,22-23H,4-5,12-16,31H2,1-3H3/t19-,22-,23-/m0/s1. The number of carbonyl (C=O) groups is 1. The zero-order chi connectivity index (χ0) is 25.3. The van der Waals surface area contributed by atoms with E-state index >= 15 is 0 Å². The Morgan fingerprint density at radius 1 is 1.06 bits per heavy atom. The van der Waals surface area contributed by atoms with Crippen LogP contribution in [0.25, 0.3) is 0 Å². The molecule has 2 aliphatic rings. The molecule has 2 aliphatic heterocycles. The summed E-state index contributed by atoms with van der Waals surface area (Å²) in [6.07, 6.45) is -1.64. The number of carbonyl (C=O) groups excluding carboxylic acids is 1. The van der Waals surface area contributed by atoms with E-state index in [2.05, 4.69) is 31.7 Å². The van der Waals surface area contributed by atoms with Gasteiger partial charge in [0.05, 0.1) is 12.2 Å². The molecule has 0 aromatic heterocycles. The van der Waals surface area contributed by atoms with Crippen LogP contribution in [0.3, 0.4) is 0 Å². The van der Waals surface area contributed by atoms with Gasteiger partial charge in [0.2, 0.25) is 0 Å². The van der Waals surface area contributed by atoms with E-state index in [1.165, 1.54) is 23.3 Å². The Morgan fingerprint density at radius 2 is 1.77 bits per heavy atom. The number of alkyl halides is 3. The van der Waals surface area contributed by atoms with Crippen LogP contribution in [0, 0.1) is 13.8 Å². The van der Waals surface area contributed by atoms with E-state index in [9.17, 15) is 18.0 Å². The SMILES string of the molecule is Cc1c(OCCCCN)ccc([C@H](C)N2C[C@@H]3C[C@H]2CN3C(=O)c2ccc(C(F)(F)F)cc2)c1C. The van der Waals surface area contributed by atoms with E-state index in [1.807, 2.05) is 11.0 Å². The second-order valence-corrected chi connectivity index (χ2v) is 9.70. The summed E-state index contributed by atoms with van der Waals surface area (Å²) >= 11 is 0. The number of nitrogens with two attached hydrogens (primary N) is 1. The second-order valence-electron chi connectivity index (χ2n) is 9.70. The van der Waals surface area contributed by atoms with Crippen molar-refractivity contribution in [3.8, 4) is 5.75 Å². The lowest BCUT2D eigenvalue weighted by atomic mass is 9.96. The smallest absolute Gasteiger partial charge is 0.416 e. The molecule has 3 atom stereocenters. The molecule has 1 amide bonds. The van der Waals surface area contributed by atoms with Crippen LogP contribution in [0.1, 0.15) is 64.8 Å². The maximum atomic E-state index is 13.0. The fourth-order valence-electron chi connectivity index (χ4n) is 5.42. The number of hydrogen-bond donors (Lipinski definition) is 1. The number of unbranched alkanes of at least 4 members (excludes halogenated alkanes) is 1. The maximum absolute atomic E-state index is 13.0. The number of nitrogens with zero attached hydrogens (tertiary/aromatic N) is 2. The highest BCUT2D eigenvalue weighted by molar-refractivity contribution is 5.94. The minimum absolute atomic E-state index is 0.0730. The molecule has 2 aromatic carbocycles. The summed E-state index contributed by atoms with van der Waals surface area (Å²) in [6, 6.07) is 9.21. The molecule has 0 unspecified atom stereocenters. The third-order valence-electron chi connectivity index (χ3n) is 7.59. The van der Waals surface area contributed by atoms with Crippen LogP contribution in [-0.2, 0) is 6.18 Å². The minimum Gasteiger partial charge on any atom is -0.493 e. The van der Waals surface area contributed by atoms with Crippen molar-refractivity contribution in [1.29, 1.82) is 0 Å². The molecule has 2 aromatic rings. The number of hydrogen-bond acceptors (Lipinski definition) is 4. The van der Waals surface area contributed by atoms with Crippen molar-refractivity contribution in [1.82, 2.24) is 9.80 Å². The number of benzene rings is 2. The summed E-state index contributed by atoms with van der Waals surface area (Å²) in [5, 5.41) is 0. The van der Waals surface area contributed by atoms with Gasteiger partial charge < -0.3 is 15.4 Å². The fourth-order valence-corrected chi connectivity index (χ4v) is 5.42. The van der Waals surface area contributed by atoms with E-state index in [4.69, 9.17) is 10.5 Å². The molecular weight excluding hydrogens is 455 g/mol. The highest BCUT2D eigenvalue weighted by atomic mass is 19.4. The molecule has 2 saturated heterocycles. The molecule has 0 saturated carbocycles. The zero-order valence-electron chi connectivity index (χ0n) is 20.6. The van der Waals surface area contributed by atoms with Gasteiger partial charge in [0.15, 0.2) is 0 Å². The molecule has 2 fully saturated rings. The summed E-state index contributed by atoms with van der Waals surface area (Å²) < 4.78 is 44.5. The number of fused-ring (bicyclic) bond motifs is 2. The summed E-state index contributed by atoms with van der Waals surface area (Å²) in [5.74, 6) is 0.716. The van der Waals surface area contributed by atoms with Crippen LogP contribution in [0.5, 0.6) is 5.75 Å². The molecule has 4 rings (SSSR count). The Morgan fingerprint density at radius 3 is 2.37 bits per heavy atom. The monoisotopic (exact) mass is 489 g/mol. The van der Waals surface area contributed by atoms with Gasteiger partial charge in [-0.25, -0.2) is 0 Å². The lowest BCUT2D eigenvalue weighted by molar-refractivity contribution is -0.137. The molecular formula is C27H34F3N3O2. The van der Waals surface area contributed by atoms with Crippen molar-refractivity contribution in [3.05, 3.63) is 64.2 Å². The first kappa shape index (κ1) is 25.5. The number of piperazine rings is 1. The number of likely N-dealkylation sites (tertiary alicyclic amines) is 2. The molecule has 2 N–H and O–H groups in total. The first-order valence-corrected chi connectivity index (χ1v) is 12.3. The molecule has 35 heavy (non-hydrogen) atoms. The Kier molecular flexibility index (Phi) is 7.43. The van der Waals surface area contributed by atoms with Gasteiger partial charge in [-0.1, -0.05) is 6.07 Å². The third-order valence-corrected chi connectivity index (χ3v) is 7.59. The maximum Gasteiger partial charge on any atom is 0.416 e. The average molecular weight is 490 g/mol. The summed E-state index contributed by atoms with van der Waals surface area (Å²) in [4.78, 5) is 17.3. The van der Waals surface area contributed by atoms with Crippen molar-refractivity contribution in [2.24, 2.45) is 5.73 Å². The molecule has 0 spiro atoms. The van der Waals surface area contributed by atoms with E-state index in [0.717, 1.165) is 49.3 Å². The normalized spacial score (nSPS) is 20.9. The van der Waals surface area contributed by atoms with Gasteiger partial charge in [-0.2, -0.15) is 13.2 Å². The topological polar surface area (TPSA) is 58.8 Å². The molecule has 8 heteroatoms. The van der Waals surface area contributed by atoms with Gasteiger partial charge >= 0.3 is 6.18 Å². The first-order valence-electron chi connectivity index (χ1n) is 12.3. The van der Waals surface area contributed by atoms with Crippen LogP contribution >= 0.6 is 0 Å². The molecule has 0 aliphatic carbocycles. The average Bonchev–Trinajstić information content (AvgIpc) is 3.44. The second kappa shape index (κ2) is 10.2. The van der Waals surface area contributed by atoms with E-state index in [0.29, 0.717) is 25.3 Å². The largest absolute Gasteiger partial charge is 0.493 e. The number of amides is 1. The minimum atomic E-state index is -4.41. The number of halogens is 3.